The largest absolute Gasteiger partial charge is 0.333 e. The number of hydrogen-bond donors (Lipinski definition) is 1. The predicted molar refractivity (Wildman–Crippen MR) is 61.0 cm³/mol. The quantitative estimate of drug-likeness (QED) is 0.866. The number of aryl methyl sites for hydroxylation is 1. The molecular formula is C11H15NO3S. The molecule has 0 aliphatic heterocycles. The molecule has 0 fully saturated rings. The van der Waals surface area contributed by atoms with Gasteiger partial charge in [-0.1, -0.05) is 18.2 Å². The summed E-state index contributed by atoms with van der Waals surface area (Å²) in [6.07, 6.45) is 4.42. The summed E-state index contributed by atoms with van der Waals surface area (Å²) in [7, 11) is -3.85. The number of benzene rings is 1. The first kappa shape index (κ1) is 11.6. The summed E-state index contributed by atoms with van der Waals surface area (Å²) in [5, 5.41) is 4.81. The second-order valence-corrected chi connectivity index (χ2v) is 5.24. The summed E-state index contributed by atoms with van der Waals surface area (Å²) in [6.45, 7) is 0.0437. The van der Waals surface area contributed by atoms with Gasteiger partial charge in [0.1, 0.15) is 0 Å². The lowest BCUT2D eigenvalue weighted by atomic mass is 9.88. The minimum atomic E-state index is -3.85. The second kappa shape index (κ2) is 4.53. The van der Waals surface area contributed by atoms with Gasteiger partial charge in [-0.2, -0.15) is 8.42 Å². The summed E-state index contributed by atoms with van der Waals surface area (Å²) in [4.78, 5) is 0. The molecule has 4 nitrogen and oxygen atoms in total. The van der Waals surface area contributed by atoms with Gasteiger partial charge in [-0.25, -0.2) is 5.14 Å². The summed E-state index contributed by atoms with van der Waals surface area (Å²) in [6, 6.07) is 5.93. The molecule has 1 aliphatic rings. The maximum Gasteiger partial charge on any atom is 0.333 e. The number of nitrogens with two attached hydrogens (primary N) is 1. The maximum atomic E-state index is 10.7. The van der Waals surface area contributed by atoms with Crippen LogP contribution in [0.5, 0.6) is 0 Å². The van der Waals surface area contributed by atoms with E-state index in [4.69, 9.17) is 5.14 Å². The Labute approximate surface area is 95.7 Å². The molecule has 2 rings (SSSR count). The van der Waals surface area contributed by atoms with Crippen LogP contribution in [0.1, 0.15) is 29.5 Å². The van der Waals surface area contributed by atoms with Crippen LogP contribution in [-0.2, 0) is 33.9 Å². The minimum absolute atomic E-state index is 0.0437. The van der Waals surface area contributed by atoms with Crippen molar-refractivity contribution in [3.63, 3.8) is 0 Å². The highest BCUT2D eigenvalue weighted by molar-refractivity contribution is 7.84. The van der Waals surface area contributed by atoms with Crippen molar-refractivity contribution in [2.45, 2.75) is 32.3 Å². The van der Waals surface area contributed by atoms with Crippen LogP contribution < -0.4 is 5.14 Å². The molecule has 2 N–H and O–H groups in total. The molecule has 16 heavy (non-hydrogen) atoms. The molecule has 0 saturated carbocycles. The van der Waals surface area contributed by atoms with E-state index >= 15 is 0 Å². The zero-order chi connectivity index (χ0) is 11.6. The standard InChI is InChI=1S/C11H15NO3S/c12-16(13,14)15-8-10-6-3-5-9-4-1-2-7-11(9)10/h3,5-6H,1-2,4,7-8H2,(H2,12,13,14). The summed E-state index contributed by atoms with van der Waals surface area (Å²) in [5.74, 6) is 0. The molecule has 88 valence electrons. The van der Waals surface area contributed by atoms with Crippen molar-refractivity contribution in [1.29, 1.82) is 0 Å². The topological polar surface area (TPSA) is 69.4 Å². The smallest absolute Gasteiger partial charge is 0.253 e. The first-order valence-corrected chi connectivity index (χ1v) is 6.80. The zero-order valence-electron chi connectivity index (χ0n) is 8.98. The molecule has 1 aromatic carbocycles. The normalized spacial score (nSPS) is 15.8. The van der Waals surface area contributed by atoms with Crippen molar-refractivity contribution in [3.05, 3.63) is 34.9 Å². The van der Waals surface area contributed by atoms with Crippen molar-refractivity contribution in [1.82, 2.24) is 0 Å². The van der Waals surface area contributed by atoms with E-state index < -0.39 is 10.3 Å². The van der Waals surface area contributed by atoms with Gasteiger partial charge in [0.25, 0.3) is 0 Å². The van der Waals surface area contributed by atoms with Crippen LogP contribution in [0.4, 0.5) is 0 Å². The Balaban J connectivity index is 2.21. The SMILES string of the molecule is NS(=O)(=O)OCc1cccc2c1CCCC2. The van der Waals surface area contributed by atoms with Crippen LogP contribution in [-0.4, -0.2) is 8.42 Å². The molecule has 0 heterocycles. The van der Waals surface area contributed by atoms with E-state index in [1.165, 1.54) is 17.5 Å². The third-order valence-corrected chi connectivity index (χ3v) is 3.32. The first-order chi connectivity index (χ1) is 7.56. The van der Waals surface area contributed by atoms with Gasteiger partial charge in [-0.15, -0.1) is 0 Å². The number of hydrogen-bond acceptors (Lipinski definition) is 3. The third kappa shape index (κ3) is 2.81. The lowest BCUT2D eigenvalue weighted by molar-refractivity contribution is 0.307. The van der Waals surface area contributed by atoms with E-state index in [1.807, 2.05) is 12.1 Å². The fourth-order valence-corrected chi connectivity index (χ4v) is 2.43. The van der Waals surface area contributed by atoms with Crippen molar-refractivity contribution in [3.8, 4) is 0 Å². The molecule has 1 aliphatic carbocycles. The fourth-order valence-electron chi connectivity index (χ4n) is 2.14. The van der Waals surface area contributed by atoms with E-state index in [9.17, 15) is 8.42 Å². The van der Waals surface area contributed by atoms with E-state index in [0.29, 0.717) is 0 Å². The molecule has 5 heteroatoms. The lowest BCUT2D eigenvalue weighted by Gasteiger charge is -2.18. The van der Waals surface area contributed by atoms with E-state index in [2.05, 4.69) is 10.2 Å². The highest BCUT2D eigenvalue weighted by atomic mass is 32.2. The Hall–Kier alpha value is -0.910. The van der Waals surface area contributed by atoms with E-state index in [0.717, 1.165) is 24.8 Å². The number of fused-ring (bicyclic) bond motifs is 1. The summed E-state index contributed by atoms with van der Waals surface area (Å²) < 4.78 is 26.1. The Kier molecular flexibility index (Phi) is 3.28. The van der Waals surface area contributed by atoms with Crippen LogP contribution >= 0.6 is 0 Å². The van der Waals surface area contributed by atoms with Crippen molar-refractivity contribution >= 4 is 10.3 Å². The van der Waals surface area contributed by atoms with Gasteiger partial charge in [-0.3, -0.25) is 4.18 Å². The zero-order valence-corrected chi connectivity index (χ0v) is 9.79. The lowest BCUT2D eigenvalue weighted by Crippen LogP contribution is -2.16. The Morgan fingerprint density at radius 3 is 2.75 bits per heavy atom. The molecule has 0 bridgehead atoms. The molecule has 0 radical (unpaired) electrons. The first-order valence-electron chi connectivity index (χ1n) is 5.33. The van der Waals surface area contributed by atoms with Crippen LogP contribution in [0.3, 0.4) is 0 Å². The van der Waals surface area contributed by atoms with Crippen molar-refractivity contribution in [2.75, 3.05) is 0 Å². The van der Waals surface area contributed by atoms with Crippen LogP contribution in [0.15, 0.2) is 18.2 Å². The van der Waals surface area contributed by atoms with E-state index in [-0.39, 0.29) is 6.61 Å². The van der Waals surface area contributed by atoms with Crippen LogP contribution in [0.25, 0.3) is 0 Å². The van der Waals surface area contributed by atoms with Crippen molar-refractivity contribution in [2.24, 2.45) is 5.14 Å². The van der Waals surface area contributed by atoms with Gasteiger partial charge in [0, 0.05) is 0 Å². The van der Waals surface area contributed by atoms with Gasteiger partial charge in [0.05, 0.1) is 6.61 Å². The molecule has 0 saturated heterocycles. The fraction of sp³-hybridized carbons (Fsp3) is 0.455. The van der Waals surface area contributed by atoms with Gasteiger partial charge < -0.3 is 0 Å². The van der Waals surface area contributed by atoms with E-state index in [1.54, 1.807) is 0 Å². The monoisotopic (exact) mass is 241 g/mol. The molecule has 0 amide bonds. The molecular weight excluding hydrogens is 226 g/mol. The average Bonchev–Trinajstić information content (AvgIpc) is 2.25. The highest BCUT2D eigenvalue weighted by Crippen LogP contribution is 2.24. The molecule has 0 spiro atoms. The molecule has 1 aromatic rings. The second-order valence-electron chi connectivity index (χ2n) is 4.02. The highest BCUT2D eigenvalue weighted by Gasteiger charge is 2.14. The predicted octanol–water partition coefficient (Wildman–Crippen LogP) is 1.29. The average molecular weight is 241 g/mol. The van der Waals surface area contributed by atoms with Gasteiger partial charge in [0.15, 0.2) is 0 Å². The van der Waals surface area contributed by atoms with Crippen LogP contribution in [0, 0.1) is 0 Å². The molecule has 0 atom stereocenters. The van der Waals surface area contributed by atoms with Crippen LogP contribution in [0.2, 0.25) is 0 Å². The van der Waals surface area contributed by atoms with Gasteiger partial charge in [-0.05, 0) is 42.4 Å². The molecule has 0 unspecified atom stereocenters. The number of rotatable bonds is 3. The minimum Gasteiger partial charge on any atom is -0.253 e. The summed E-state index contributed by atoms with van der Waals surface area (Å²) in [5.41, 5.74) is 3.48. The van der Waals surface area contributed by atoms with Crippen molar-refractivity contribution < 1.29 is 12.6 Å². The Morgan fingerprint density at radius 2 is 2.00 bits per heavy atom. The van der Waals surface area contributed by atoms with Gasteiger partial charge >= 0.3 is 10.3 Å². The maximum absolute atomic E-state index is 10.7. The summed E-state index contributed by atoms with van der Waals surface area (Å²) >= 11 is 0. The third-order valence-electron chi connectivity index (χ3n) is 2.87. The van der Waals surface area contributed by atoms with Gasteiger partial charge in [0.2, 0.25) is 0 Å². The Morgan fingerprint density at radius 1 is 1.25 bits per heavy atom. The Bertz CT molecular complexity index is 482. The molecule has 0 aromatic heterocycles.